The van der Waals surface area contributed by atoms with Gasteiger partial charge in [-0.15, -0.1) is 0 Å². The zero-order chi connectivity index (χ0) is 9.85. The molecule has 1 unspecified atom stereocenters. The Morgan fingerprint density at radius 3 is 2.46 bits per heavy atom. The molecule has 1 saturated carbocycles. The average Bonchev–Trinajstić information content (AvgIpc) is 2.40. The van der Waals surface area contributed by atoms with Gasteiger partial charge in [-0.3, -0.25) is 4.79 Å². The smallest absolute Gasteiger partial charge is 0.348 e. The molecule has 1 aliphatic carbocycles. The number of hydrogen-bond donors (Lipinski definition) is 1. The van der Waals surface area contributed by atoms with E-state index in [0.29, 0.717) is 12.8 Å². The first-order chi connectivity index (χ1) is 5.93. The van der Waals surface area contributed by atoms with Gasteiger partial charge in [0.25, 0.3) is 0 Å². The van der Waals surface area contributed by atoms with Gasteiger partial charge in [0.2, 0.25) is 5.60 Å². The number of hydrogen-bond acceptors (Lipinski definition) is 3. The zero-order valence-corrected chi connectivity index (χ0v) is 7.66. The molecule has 1 heterocycles. The Labute approximate surface area is 75.9 Å². The molecule has 2 bridgehead atoms. The van der Waals surface area contributed by atoms with E-state index < -0.39 is 17.0 Å². The maximum Gasteiger partial charge on any atom is 0.348 e. The third-order valence-electron chi connectivity index (χ3n) is 3.77. The number of carboxylic acids is 1. The van der Waals surface area contributed by atoms with Crippen molar-refractivity contribution < 1.29 is 19.4 Å². The summed E-state index contributed by atoms with van der Waals surface area (Å²) in [4.78, 5) is 22.4. The molecule has 2 fully saturated rings. The third-order valence-corrected chi connectivity index (χ3v) is 3.77. The zero-order valence-electron chi connectivity index (χ0n) is 7.66. The van der Waals surface area contributed by atoms with Crippen molar-refractivity contribution >= 4 is 11.9 Å². The van der Waals surface area contributed by atoms with Crippen LogP contribution in [0, 0.1) is 11.3 Å². The van der Waals surface area contributed by atoms with Gasteiger partial charge in [-0.05, 0) is 19.8 Å². The molecule has 3 atom stereocenters. The molecule has 2 rings (SSSR count). The van der Waals surface area contributed by atoms with Crippen molar-refractivity contribution in [3.05, 3.63) is 0 Å². The Hall–Kier alpha value is -1.06. The molecule has 72 valence electrons. The highest BCUT2D eigenvalue weighted by atomic mass is 16.6. The number of carbonyl (C=O) groups is 2. The van der Waals surface area contributed by atoms with Crippen molar-refractivity contribution in [2.45, 2.75) is 32.3 Å². The number of esters is 1. The minimum atomic E-state index is -1.23. The topological polar surface area (TPSA) is 63.6 Å². The number of ether oxygens (including phenoxy) is 1. The molecule has 0 aromatic carbocycles. The fraction of sp³-hybridized carbons (Fsp3) is 0.778. The summed E-state index contributed by atoms with van der Waals surface area (Å²) < 4.78 is 4.99. The Morgan fingerprint density at radius 2 is 2.23 bits per heavy atom. The molecular formula is C9H12O4. The van der Waals surface area contributed by atoms with Crippen LogP contribution < -0.4 is 0 Å². The summed E-state index contributed by atoms with van der Waals surface area (Å²) in [6, 6.07) is 0. The van der Waals surface area contributed by atoms with E-state index in [4.69, 9.17) is 9.84 Å². The molecule has 4 heteroatoms. The largest absolute Gasteiger partial charge is 0.478 e. The quantitative estimate of drug-likeness (QED) is 0.612. The Morgan fingerprint density at radius 1 is 1.62 bits per heavy atom. The SMILES string of the molecule is CC1[C@@]2(C)CC[C@]1(C(=O)O)OC2=O. The van der Waals surface area contributed by atoms with Gasteiger partial charge in [0.15, 0.2) is 0 Å². The molecule has 4 nitrogen and oxygen atoms in total. The van der Waals surface area contributed by atoms with Crippen molar-refractivity contribution in [3.8, 4) is 0 Å². The van der Waals surface area contributed by atoms with Crippen LogP contribution in [0.2, 0.25) is 0 Å². The van der Waals surface area contributed by atoms with Gasteiger partial charge in [0, 0.05) is 5.92 Å². The lowest BCUT2D eigenvalue weighted by Crippen LogP contribution is -2.41. The van der Waals surface area contributed by atoms with Crippen LogP contribution in [-0.2, 0) is 14.3 Å². The van der Waals surface area contributed by atoms with Gasteiger partial charge in [-0.2, -0.15) is 0 Å². The van der Waals surface area contributed by atoms with Crippen LogP contribution in [0.25, 0.3) is 0 Å². The van der Waals surface area contributed by atoms with Crippen LogP contribution in [0.5, 0.6) is 0 Å². The van der Waals surface area contributed by atoms with Crippen LogP contribution in [0.1, 0.15) is 26.7 Å². The predicted octanol–water partition coefficient (Wildman–Crippen LogP) is 0.803. The third kappa shape index (κ3) is 0.716. The Balaban J connectivity index is 2.47. The summed E-state index contributed by atoms with van der Waals surface area (Å²) in [5, 5.41) is 9.02. The maximum atomic E-state index is 11.4. The van der Waals surface area contributed by atoms with Crippen LogP contribution >= 0.6 is 0 Å². The molecule has 13 heavy (non-hydrogen) atoms. The van der Waals surface area contributed by atoms with Gasteiger partial charge in [-0.1, -0.05) is 6.92 Å². The van der Waals surface area contributed by atoms with Gasteiger partial charge >= 0.3 is 11.9 Å². The van der Waals surface area contributed by atoms with Crippen LogP contribution in [0.4, 0.5) is 0 Å². The lowest BCUT2D eigenvalue weighted by Gasteiger charge is -2.23. The lowest BCUT2D eigenvalue weighted by molar-refractivity contribution is -0.176. The fourth-order valence-corrected chi connectivity index (χ4v) is 2.43. The van der Waals surface area contributed by atoms with E-state index in [9.17, 15) is 9.59 Å². The predicted molar refractivity (Wildman–Crippen MR) is 43.0 cm³/mol. The second kappa shape index (κ2) is 2.05. The van der Waals surface area contributed by atoms with Gasteiger partial charge in [0.05, 0.1) is 5.41 Å². The molecule has 0 aromatic rings. The van der Waals surface area contributed by atoms with E-state index >= 15 is 0 Å². The Kier molecular flexibility index (Phi) is 1.35. The second-order valence-electron chi connectivity index (χ2n) is 4.22. The van der Waals surface area contributed by atoms with E-state index in [1.54, 1.807) is 13.8 Å². The van der Waals surface area contributed by atoms with E-state index in [0.717, 1.165) is 0 Å². The lowest BCUT2D eigenvalue weighted by atomic mass is 9.79. The monoisotopic (exact) mass is 184 g/mol. The first-order valence-corrected chi connectivity index (χ1v) is 4.40. The molecule has 2 aliphatic rings. The van der Waals surface area contributed by atoms with Crippen LogP contribution in [0.3, 0.4) is 0 Å². The molecule has 1 aliphatic heterocycles. The number of carbonyl (C=O) groups excluding carboxylic acids is 1. The van der Waals surface area contributed by atoms with Crippen LogP contribution in [0.15, 0.2) is 0 Å². The highest BCUT2D eigenvalue weighted by Crippen LogP contribution is 2.57. The van der Waals surface area contributed by atoms with Crippen molar-refractivity contribution in [3.63, 3.8) is 0 Å². The number of aliphatic carboxylic acids is 1. The van der Waals surface area contributed by atoms with E-state index in [-0.39, 0.29) is 11.9 Å². The van der Waals surface area contributed by atoms with Crippen LogP contribution in [-0.4, -0.2) is 22.6 Å². The van der Waals surface area contributed by atoms with Gasteiger partial charge in [0.1, 0.15) is 0 Å². The number of fused-ring (bicyclic) bond motifs is 2. The molecule has 0 radical (unpaired) electrons. The normalized spacial score (nSPS) is 47.8. The summed E-state index contributed by atoms with van der Waals surface area (Å²) in [5.41, 5.74) is -1.80. The van der Waals surface area contributed by atoms with E-state index in [2.05, 4.69) is 0 Å². The van der Waals surface area contributed by atoms with Crippen molar-refractivity contribution in [2.24, 2.45) is 11.3 Å². The highest BCUT2D eigenvalue weighted by molar-refractivity contribution is 5.91. The second-order valence-corrected chi connectivity index (χ2v) is 4.22. The van der Waals surface area contributed by atoms with Crippen molar-refractivity contribution in [2.75, 3.05) is 0 Å². The van der Waals surface area contributed by atoms with Crippen molar-refractivity contribution in [1.82, 2.24) is 0 Å². The first-order valence-electron chi connectivity index (χ1n) is 4.40. The Bertz CT molecular complexity index is 298. The summed E-state index contributed by atoms with van der Waals surface area (Å²) in [7, 11) is 0. The standard InChI is InChI=1S/C9H12O4/c1-5-8(2)3-4-9(5,6(10)11)13-7(8)12/h5H,3-4H2,1-2H3,(H,10,11)/t5?,8-,9+/m1/s1. The van der Waals surface area contributed by atoms with Gasteiger partial charge < -0.3 is 9.84 Å². The first kappa shape index (κ1) is 8.53. The molecule has 0 amide bonds. The van der Waals surface area contributed by atoms with Gasteiger partial charge in [-0.25, -0.2) is 4.79 Å². The highest BCUT2D eigenvalue weighted by Gasteiger charge is 2.69. The number of carboxylic acid groups (broad SMARTS) is 1. The minimum Gasteiger partial charge on any atom is -0.478 e. The molecular weight excluding hydrogens is 172 g/mol. The summed E-state index contributed by atoms with van der Waals surface area (Å²) in [6.07, 6.45) is 1.07. The molecule has 0 aromatic heterocycles. The molecule has 1 saturated heterocycles. The van der Waals surface area contributed by atoms with Crippen molar-refractivity contribution in [1.29, 1.82) is 0 Å². The average molecular weight is 184 g/mol. The molecule has 1 N–H and O–H groups in total. The summed E-state index contributed by atoms with van der Waals surface area (Å²) in [6.45, 7) is 3.57. The summed E-state index contributed by atoms with van der Waals surface area (Å²) >= 11 is 0. The minimum absolute atomic E-state index is 0.218. The summed E-state index contributed by atoms with van der Waals surface area (Å²) in [5.74, 6) is -1.58. The fourth-order valence-electron chi connectivity index (χ4n) is 2.43. The maximum absolute atomic E-state index is 11.4. The van der Waals surface area contributed by atoms with E-state index in [1.165, 1.54) is 0 Å². The molecule has 0 spiro atoms. The number of rotatable bonds is 1. The van der Waals surface area contributed by atoms with E-state index in [1.807, 2.05) is 0 Å².